The Balaban J connectivity index is 1.75. The van der Waals surface area contributed by atoms with Crippen LogP contribution < -0.4 is 15.5 Å². The van der Waals surface area contributed by atoms with Gasteiger partial charge in [0.05, 0.1) is 0 Å². The number of alkyl halides is 3. The lowest BCUT2D eigenvalue weighted by atomic mass is 9.92. The van der Waals surface area contributed by atoms with Crippen molar-refractivity contribution in [3.63, 3.8) is 0 Å². The Morgan fingerprint density at radius 3 is 2.37 bits per heavy atom. The largest absolute Gasteiger partial charge is 0.433 e. The fourth-order valence-electron chi connectivity index (χ4n) is 3.68. The molecule has 1 fully saturated rings. The molecular formula is C21H26F3N5S. The second-order valence-corrected chi connectivity index (χ2v) is 8.49. The molecule has 9 heteroatoms. The van der Waals surface area contributed by atoms with Gasteiger partial charge in [-0.2, -0.15) is 18.2 Å². The number of anilines is 2. The molecule has 2 N–H and O–H groups in total. The zero-order chi connectivity index (χ0) is 21.9. The number of hydrogen-bond acceptors (Lipinski definition) is 4. The van der Waals surface area contributed by atoms with Crippen molar-refractivity contribution in [2.45, 2.75) is 39.9 Å². The van der Waals surface area contributed by atoms with Gasteiger partial charge in [-0.25, -0.2) is 4.98 Å². The van der Waals surface area contributed by atoms with E-state index >= 15 is 0 Å². The average molecular weight is 438 g/mol. The van der Waals surface area contributed by atoms with Crippen LogP contribution in [0.1, 0.15) is 37.1 Å². The summed E-state index contributed by atoms with van der Waals surface area (Å²) < 4.78 is 40.3. The van der Waals surface area contributed by atoms with Gasteiger partial charge < -0.3 is 15.5 Å². The van der Waals surface area contributed by atoms with Crippen molar-refractivity contribution in [1.82, 2.24) is 15.3 Å². The summed E-state index contributed by atoms with van der Waals surface area (Å²) in [5, 5.41) is 5.86. The fraction of sp³-hybridized carbons (Fsp3) is 0.476. The Labute approximate surface area is 180 Å². The zero-order valence-corrected chi connectivity index (χ0v) is 18.1. The van der Waals surface area contributed by atoms with Gasteiger partial charge in [-0.1, -0.05) is 43.7 Å². The molecule has 0 saturated carbocycles. The van der Waals surface area contributed by atoms with Crippen LogP contribution in [0.3, 0.4) is 0 Å². The predicted molar refractivity (Wildman–Crippen MR) is 116 cm³/mol. The van der Waals surface area contributed by atoms with Crippen molar-refractivity contribution in [1.29, 1.82) is 0 Å². The van der Waals surface area contributed by atoms with Crippen molar-refractivity contribution in [2.75, 3.05) is 23.3 Å². The zero-order valence-electron chi connectivity index (χ0n) is 17.3. The summed E-state index contributed by atoms with van der Waals surface area (Å²) in [7, 11) is 0. The number of nitrogens with one attached hydrogen (secondary N) is 2. The molecule has 2 aromatic rings. The average Bonchev–Trinajstić information content (AvgIpc) is 2.66. The lowest BCUT2D eigenvalue weighted by Crippen LogP contribution is -2.39. The molecule has 3 rings (SSSR count). The lowest BCUT2D eigenvalue weighted by Gasteiger charge is -2.36. The van der Waals surface area contributed by atoms with E-state index in [0.29, 0.717) is 31.5 Å². The Bertz CT molecular complexity index is 875. The fourth-order valence-corrected chi connectivity index (χ4v) is 3.85. The highest BCUT2D eigenvalue weighted by atomic mass is 32.1. The second-order valence-electron chi connectivity index (χ2n) is 8.08. The first-order chi connectivity index (χ1) is 14.1. The minimum atomic E-state index is -4.57. The van der Waals surface area contributed by atoms with E-state index in [0.717, 1.165) is 23.6 Å². The van der Waals surface area contributed by atoms with Gasteiger partial charge in [-0.05, 0) is 43.0 Å². The molecule has 0 amide bonds. The molecule has 2 atom stereocenters. The van der Waals surface area contributed by atoms with Crippen LogP contribution in [0.2, 0.25) is 0 Å². The lowest BCUT2D eigenvalue weighted by molar-refractivity contribution is -0.141. The van der Waals surface area contributed by atoms with Gasteiger partial charge in [0, 0.05) is 25.7 Å². The minimum absolute atomic E-state index is 0.160. The summed E-state index contributed by atoms with van der Waals surface area (Å²) in [6, 6.07) is 8.90. The number of halogens is 3. The number of rotatable bonds is 4. The number of thiocarbonyl (C=S) groups is 1. The smallest absolute Gasteiger partial charge is 0.358 e. The standard InChI is InChI=1S/C21H26F3N5S/c1-13-4-6-16(7-5-13)10-25-20(30)28-19-26-17(21(22,23)24)9-18(27-19)29-11-14(2)8-15(3)12-29/h4-7,9,14-15H,8,10-12H2,1-3H3,(H2,25,26,27,28,30). The summed E-state index contributed by atoms with van der Waals surface area (Å²) in [5.41, 5.74) is 1.17. The molecule has 0 aliphatic carbocycles. The van der Waals surface area contributed by atoms with Crippen LogP contribution in [0.25, 0.3) is 0 Å². The Kier molecular flexibility index (Phi) is 6.80. The van der Waals surface area contributed by atoms with Crippen LogP contribution in [0.5, 0.6) is 0 Å². The molecule has 0 bridgehead atoms. The third-order valence-corrected chi connectivity index (χ3v) is 5.24. The van der Waals surface area contributed by atoms with E-state index in [1.807, 2.05) is 36.1 Å². The van der Waals surface area contributed by atoms with Crippen molar-refractivity contribution in [2.24, 2.45) is 11.8 Å². The van der Waals surface area contributed by atoms with Gasteiger partial charge in [-0.3, -0.25) is 0 Å². The Hall–Kier alpha value is -2.42. The predicted octanol–water partition coefficient (Wildman–Crippen LogP) is 4.77. The maximum Gasteiger partial charge on any atom is 0.433 e. The molecule has 1 aromatic carbocycles. The molecule has 2 unspecified atom stereocenters. The van der Waals surface area contributed by atoms with E-state index in [4.69, 9.17) is 12.2 Å². The molecule has 1 aliphatic rings. The highest BCUT2D eigenvalue weighted by molar-refractivity contribution is 7.80. The molecule has 2 heterocycles. The molecular weight excluding hydrogens is 411 g/mol. The van der Waals surface area contributed by atoms with E-state index in [2.05, 4.69) is 34.4 Å². The molecule has 5 nitrogen and oxygen atoms in total. The van der Waals surface area contributed by atoms with Crippen molar-refractivity contribution in [3.05, 3.63) is 47.2 Å². The summed E-state index contributed by atoms with van der Waals surface area (Å²) >= 11 is 5.24. The van der Waals surface area contributed by atoms with Gasteiger partial charge in [0.2, 0.25) is 5.95 Å². The van der Waals surface area contributed by atoms with Crippen LogP contribution in [-0.4, -0.2) is 28.2 Å². The van der Waals surface area contributed by atoms with E-state index in [1.54, 1.807) is 0 Å². The highest BCUT2D eigenvalue weighted by Gasteiger charge is 2.35. The number of aromatic nitrogens is 2. The SMILES string of the molecule is Cc1ccc(CNC(=S)Nc2nc(N3CC(C)CC(C)C3)cc(C(F)(F)F)n2)cc1. The first kappa shape index (κ1) is 22.3. The van der Waals surface area contributed by atoms with Crippen molar-refractivity contribution < 1.29 is 13.2 Å². The normalized spacial score (nSPS) is 19.5. The molecule has 0 radical (unpaired) electrons. The molecule has 0 spiro atoms. The number of aryl methyl sites for hydroxylation is 1. The Morgan fingerprint density at radius 1 is 1.13 bits per heavy atom. The highest BCUT2D eigenvalue weighted by Crippen LogP contribution is 2.32. The maximum atomic E-state index is 13.4. The van der Waals surface area contributed by atoms with Gasteiger partial charge in [-0.15, -0.1) is 0 Å². The monoisotopic (exact) mass is 437 g/mol. The number of benzene rings is 1. The first-order valence-electron chi connectivity index (χ1n) is 9.92. The van der Waals surface area contributed by atoms with Crippen LogP contribution in [0, 0.1) is 18.8 Å². The molecule has 1 aliphatic heterocycles. The van der Waals surface area contributed by atoms with E-state index in [1.165, 1.54) is 0 Å². The number of piperidine rings is 1. The van der Waals surface area contributed by atoms with Crippen LogP contribution >= 0.6 is 12.2 Å². The summed E-state index contributed by atoms with van der Waals surface area (Å²) in [6.07, 6.45) is -3.52. The second kappa shape index (κ2) is 9.16. The third kappa shape index (κ3) is 6.04. The Morgan fingerprint density at radius 2 is 1.77 bits per heavy atom. The van der Waals surface area contributed by atoms with E-state index in [-0.39, 0.29) is 16.9 Å². The number of nitrogens with zero attached hydrogens (tertiary/aromatic N) is 3. The van der Waals surface area contributed by atoms with Crippen LogP contribution in [0.4, 0.5) is 24.9 Å². The topological polar surface area (TPSA) is 53.1 Å². The third-order valence-electron chi connectivity index (χ3n) is 4.99. The van der Waals surface area contributed by atoms with Crippen LogP contribution in [0.15, 0.2) is 30.3 Å². The van der Waals surface area contributed by atoms with E-state index < -0.39 is 11.9 Å². The summed E-state index contributed by atoms with van der Waals surface area (Å²) in [6.45, 7) is 7.95. The number of hydrogen-bond donors (Lipinski definition) is 2. The van der Waals surface area contributed by atoms with Gasteiger partial charge in [0.15, 0.2) is 10.8 Å². The van der Waals surface area contributed by atoms with Crippen LogP contribution in [-0.2, 0) is 12.7 Å². The molecule has 30 heavy (non-hydrogen) atoms. The van der Waals surface area contributed by atoms with Crippen molar-refractivity contribution in [3.8, 4) is 0 Å². The first-order valence-corrected chi connectivity index (χ1v) is 10.3. The van der Waals surface area contributed by atoms with Gasteiger partial charge >= 0.3 is 6.18 Å². The summed E-state index contributed by atoms with van der Waals surface area (Å²) in [5.74, 6) is 0.866. The molecule has 1 aromatic heterocycles. The molecule has 1 saturated heterocycles. The molecule has 162 valence electrons. The van der Waals surface area contributed by atoms with E-state index in [9.17, 15) is 13.2 Å². The van der Waals surface area contributed by atoms with Gasteiger partial charge in [0.25, 0.3) is 0 Å². The van der Waals surface area contributed by atoms with Gasteiger partial charge in [0.1, 0.15) is 5.82 Å². The minimum Gasteiger partial charge on any atom is -0.358 e. The summed E-state index contributed by atoms with van der Waals surface area (Å²) in [4.78, 5) is 9.86. The maximum absolute atomic E-state index is 13.4. The van der Waals surface area contributed by atoms with Crippen molar-refractivity contribution >= 4 is 29.1 Å². The quantitative estimate of drug-likeness (QED) is 0.672.